The molecule has 2 rings (SSSR count). The number of benzene rings is 1. The highest BCUT2D eigenvalue weighted by molar-refractivity contribution is 5.43. The van der Waals surface area contributed by atoms with Gasteiger partial charge in [-0.3, -0.25) is 4.90 Å². The van der Waals surface area contributed by atoms with E-state index in [1.54, 1.807) is 7.11 Å². The van der Waals surface area contributed by atoms with E-state index in [-0.39, 0.29) is 12.2 Å². The third-order valence-corrected chi connectivity index (χ3v) is 4.95. The van der Waals surface area contributed by atoms with Crippen LogP contribution in [0.1, 0.15) is 33.3 Å². The Kier molecular flexibility index (Phi) is 7.91. The van der Waals surface area contributed by atoms with Gasteiger partial charge >= 0.3 is 0 Å². The first kappa shape index (κ1) is 22.0. The average Bonchev–Trinajstić information content (AvgIpc) is 2.59. The van der Waals surface area contributed by atoms with Gasteiger partial charge in [0, 0.05) is 32.2 Å². The predicted octanol–water partition coefficient (Wildman–Crippen LogP) is 2.39. The molecule has 6 nitrogen and oxygen atoms in total. The van der Waals surface area contributed by atoms with Crippen LogP contribution in [0.3, 0.4) is 0 Å². The Morgan fingerprint density at radius 2 is 2.04 bits per heavy atom. The maximum absolute atomic E-state index is 10.2. The fourth-order valence-corrected chi connectivity index (χ4v) is 3.22. The molecule has 1 fully saturated rings. The molecule has 0 amide bonds. The molecular weight excluding hydrogens is 344 g/mol. The van der Waals surface area contributed by atoms with Crippen molar-refractivity contribution in [2.24, 2.45) is 0 Å². The normalized spacial score (nSPS) is 18.7. The molecule has 1 heterocycles. The van der Waals surface area contributed by atoms with E-state index in [4.69, 9.17) is 14.2 Å². The lowest BCUT2D eigenvalue weighted by Gasteiger charge is -2.38. The molecule has 1 aromatic carbocycles. The highest BCUT2D eigenvalue weighted by Gasteiger charge is 2.27. The molecule has 0 saturated carbocycles. The zero-order valence-electron chi connectivity index (χ0n) is 17.7. The van der Waals surface area contributed by atoms with Gasteiger partial charge in [-0.1, -0.05) is 6.07 Å². The Balaban J connectivity index is 1.93. The lowest BCUT2D eigenvalue weighted by molar-refractivity contribution is -0.0882. The lowest BCUT2D eigenvalue weighted by atomic mass is 10.1. The lowest BCUT2D eigenvalue weighted by Crippen LogP contribution is -2.47. The van der Waals surface area contributed by atoms with Crippen molar-refractivity contribution in [2.45, 2.75) is 52.0 Å². The number of morpholine rings is 1. The summed E-state index contributed by atoms with van der Waals surface area (Å²) in [5, 5.41) is 10.2. The van der Waals surface area contributed by atoms with Crippen molar-refractivity contribution in [1.82, 2.24) is 9.80 Å². The number of hydrogen-bond donors (Lipinski definition) is 1. The van der Waals surface area contributed by atoms with E-state index in [0.717, 1.165) is 26.2 Å². The summed E-state index contributed by atoms with van der Waals surface area (Å²) in [5.41, 5.74) is 1.07. The van der Waals surface area contributed by atoms with Gasteiger partial charge in [-0.25, -0.2) is 0 Å². The summed E-state index contributed by atoms with van der Waals surface area (Å²) >= 11 is 0. The average molecular weight is 381 g/mol. The van der Waals surface area contributed by atoms with Gasteiger partial charge in [-0.2, -0.15) is 0 Å². The molecule has 154 valence electrons. The summed E-state index contributed by atoms with van der Waals surface area (Å²) in [6, 6.07) is 6.40. The molecule has 0 radical (unpaired) electrons. The van der Waals surface area contributed by atoms with Crippen LogP contribution in [0.4, 0.5) is 0 Å². The Hall–Kier alpha value is -1.34. The van der Waals surface area contributed by atoms with Gasteiger partial charge in [-0.15, -0.1) is 0 Å². The van der Waals surface area contributed by atoms with Crippen LogP contribution in [0, 0.1) is 0 Å². The van der Waals surface area contributed by atoms with Crippen LogP contribution in [0.15, 0.2) is 18.2 Å². The summed E-state index contributed by atoms with van der Waals surface area (Å²) in [7, 11) is 3.64. The van der Waals surface area contributed by atoms with Crippen LogP contribution in [0.25, 0.3) is 0 Å². The van der Waals surface area contributed by atoms with E-state index in [2.05, 4.69) is 43.6 Å². The van der Waals surface area contributed by atoms with Crippen molar-refractivity contribution in [3.63, 3.8) is 0 Å². The van der Waals surface area contributed by atoms with Crippen molar-refractivity contribution in [3.05, 3.63) is 23.8 Å². The van der Waals surface area contributed by atoms with Crippen LogP contribution in [-0.4, -0.2) is 79.7 Å². The number of hydrogen-bond acceptors (Lipinski definition) is 6. The van der Waals surface area contributed by atoms with Gasteiger partial charge < -0.3 is 24.2 Å². The maximum atomic E-state index is 10.2. The summed E-state index contributed by atoms with van der Waals surface area (Å²) < 4.78 is 17.1. The molecule has 1 N–H and O–H groups in total. The summed E-state index contributed by atoms with van der Waals surface area (Å²) in [4.78, 5) is 4.49. The number of aliphatic hydroxyl groups is 1. The van der Waals surface area contributed by atoms with Crippen molar-refractivity contribution in [3.8, 4) is 11.5 Å². The van der Waals surface area contributed by atoms with Gasteiger partial charge in [0.05, 0.1) is 19.3 Å². The Morgan fingerprint density at radius 3 is 2.67 bits per heavy atom. The van der Waals surface area contributed by atoms with E-state index in [1.807, 2.05) is 19.2 Å². The maximum Gasteiger partial charge on any atom is 0.161 e. The van der Waals surface area contributed by atoms with E-state index in [1.165, 1.54) is 5.56 Å². The smallest absolute Gasteiger partial charge is 0.161 e. The van der Waals surface area contributed by atoms with Crippen molar-refractivity contribution >= 4 is 0 Å². The summed E-state index contributed by atoms with van der Waals surface area (Å²) in [6.45, 7) is 12.7. The third-order valence-electron chi connectivity index (χ3n) is 4.95. The monoisotopic (exact) mass is 380 g/mol. The second-order valence-corrected chi connectivity index (χ2v) is 8.30. The standard InChI is InChI=1S/C21H36N2O4/c1-16(2)22(5)13-18(24)14-26-19-8-7-17(11-20(19)25-6)12-23-9-10-27-21(3,4)15-23/h7-8,11,16,18,24H,9-10,12-15H2,1-6H3/t18-/m1/s1. The van der Waals surface area contributed by atoms with Gasteiger partial charge in [0.25, 0.3) is 0 Å². The van der Waals surface area contributed by atoms with Crippen LogP contribution in [-0.2, 0) is 11.3 Å². The van der Waals surface area contributed by atoms with Crippen molar-refractivity contribution in [2.75, 3.05) is 47.0 Å². The van der Waals surface area contributed by atoms with Gasteiger partial charge in [0.15, 0.2) is 11.5 Å². The first-order chi connectivity index (χ1) is 12.7. The van der Waals surface area contributed by atoms with Crippen LogP contribution in [0.2, 0.25) is 0 Å². The van der Waals surface area contributed by atoms with Crippen molar-refractivity contribution in [1.29, 1.82) is 0 Å². The van der Waals surface area contributed by atoms with E-state index in [9.17, 15) is 5.11 Å². The van der Waals surface area contributed by atoms with E-state index >= 15 is 0 Å². The largest absolute Gasteiger partial charge is 0.493 e. The first-order valence-corrected chi connectivity index (χ1v) is 9.74. The minimum atomic E-state index is -0.544. The molecule has 1 aliphatic rings. The number of nitrogens with zero attached hydrogens (tertiary/aromatic N) is 2. The molecule has 0 unspecified atom stereocenters. The topological polar surface area (TPSA) is 54.4 Å². The van der Waals surface area contributed by atoms with Gasteiger partial charge in [0.2, 0.25) is 0 Å². The van der Waals surface area contributed by atoms with Gasteiger partial charge in [-0.05, 0) is 52.4 Å². The highest BCUT2D eigenvalue weighted by Crippen LogP contribution is 2.29. The number of aliphatic hydroxyl groups excluding tert-OH is 1. The second kappa shape index (κ2) is 9.73. The van der Waals surface area contributed by atoms with Crippen LogP contribution >= 0.6 is 0 Å². The molecule has 0 spiro atoms. The first-order valence-electron chi connectivity index (χ1n) is 9.74. The molecule has 1 aromatic rings. The van der Waals surface area contributed by atoms with Gasteiger partial charge in [0.1, 0.15) is 12.7 Å². The molecule has 0 aliphatic carbocycles. The number of likely N-dealkylation sites (N-methyl/N-ethyl adjacent to an activating group) is 1. The minimum Gasteiger partial charge on any atom is -0.493 e. The number of ether oxygens (including phenoxy) is 3. The predicted molar refractivity (Wildman–Crippen MR) is 108 cm³/mol. The summed E-state index contributed by atoms with van der Waals surface area (Å²) in [6.07, 6.45) is -0.544. The van der Waals surface area contributed by atoms with E-state index in [0.29, 0.717) is 24.1 Å². The number of methoxy groups -OCH3 is 1. The zero-order chi connectivity index (χ0) is 20.0. The Bertz CT molecular complexity index is 592. The zero-order valence-corrected chi connectivity index (χ0v) is 17.7. The fraction of sp³-hybridized carbons (Fsp3) is 0.714. The minimum absolute atomic E-state index is 0.106. The second-order valence-electron chi connectivity index (χ2n) is 8.30. The highest BCUT2D eigenvalue weighted by atomic mass is 16.5. The molecule has 27 heavy (non-hydrogen) atoms. The van der Waals surface area contributed by atoms with E-state index < -0.39 is 6.10 Å². The Morgan fingerprint density at radius 1 is 1.30 bits per heavy atom. The molecule has 1 saturated heterocycles. The van der Waals surface area contributed by atoms with Crippen molar-refractivity contribution < 1.29 is 19.3 Å². The number of rotatable bonds is 9. The molecule has 6 heteroatoms. The fourth-order valence-electron chi connectivity index (χ4n) is 3.22. The molecular formula is C21H36N2O4. The van der Waals surface area contributed by atoms with Crippen LogP contribution < -0.4 is 9.47 Å². The molecule has 0 bridgehead atoms. The SMILES string of the molecule is COc1cc(CN2CCOC(C)(C)C2)ccc1OC[C@H](O)CN(C)C(C)C. The summed E-state index contributed by atoms with van der Waals surface area (Å²) in [5.74, 6) is 1.36. The molecule has 1 atom stereocenters. The van der Waals surface area contributed by atoms with Crippen LogP contribution in [0.5, 0.6) is 11.5 Å². The quantitative estimate of drug-likeness (QED) is 0.710. The Labute approximate surface area is 164 Å². The third kappa shape index (κ3) is 6.96. The molecule has 0 aromatic heterocycles. The molecule has 1 aliphatic heterocycles.